The summed E-state index contributed by atoms with van der Waals surface area (Å²) < 4.78 is 30.6. The second kappa shape index (κ2) is 8.71. The van der Waals surface area contributed by atoms with Crippen molar-refractivity contribution in [3.05, 3.63) is 52.0 Å². The highest BCUT2D eigenvalue weighted by Crippen LogP contribution is 2.40. The average Bonchev–Trinajstić information content (AvgIpc) is 3.14. The molecule has 1 heterocycles. The molecule has 2 aromatic rings. The van der Waals surface area contributed by atoms with E-state index in [0.717, 1.165) is 17.4 Å². The number of hydrogen-bond donors (Lipinski definition) is 1. The van der Waals surface area contributed by atoms with E-state index in [1.165, 1.54) is 67.6 Å². The lowest BCUT2D eigenvalue weighted by atomic mass is 9.94. The summed E-state index contributed by atoms with van der Waals surface area (Å²) in [6.07, 6.45) is 7.25. The zero-order chi connectivity index (χ0) is 21.3. The van der Waals surface area contributed by atoms with E-state index in [1.807, 2.05) is 12.1 Å². The molecule has 1 N–H and O–H groups in total. The molecule has 1 amide bonds. The number of ether oxygens (including phenoxy) is 1. The van der Waals surface area contributed by atoms with Gasteiger partial charge in [-0.05, 0) is 77.2 Å². The molecule has 4 rings (SSSR count). The molecule has 4 nitrogen and oxygen atoms in total. The minimum absolute atomic E-state index is 0.0870. The van der Waals surface area contributed by atoms with Crippen molar-refractivity contribution in [1.82, 2.24) is 0 Å². The Labute approximate surface area is 187 Å². The Bertz CT molecular complexity index is 928. The van der Waals surface area contributed by atoms with Crippen LogP contribution in [0.15, 0.2) is 40.9 Å². The number of anilines is 2. The largest absolute Gasteiger partial charge is 0.487 e. The fourth-order valence-electron chi connectivity index (χ4n) is 4.35. The van der Waals surface area contributed by atoms with Crippen molar-refractivity contribution in [3.8, 4) is 5.75 Å². The standard InChI is InChI=1S/C22H22BrClF2N2O2/c23-19-13-15(12-14-10-11-28(20(14)19)17-4-2-1-3-5-17)21(29)27-16-6-8-18(9-7-16)30-22(24,25)26/h6-9,12-13,17H,1-5,10-11H2,(H,27,29). The molecular formula is C22H22BrClF2N2O2. The van der Waals surface area contributed by atoms with Crippen molar-refractivity contribution in [1.29, 1.82) is 0 Å². The molecule has 1 saturated carbocycles. The van der Waals surface area contributed by atoms with Gasteiger partial charge in [-0.15, -0.1) is 8.78 Å². The van der Waals surface area contributed by atoms with Crippen LogP contribution < -0.4 is 15.0 Å². The lowest BCUT2D eigenvalue weighted by Crippen LogP contribution is -2.35. The number of halogens is 4. The number of alkyl halides is 3. The number of amides is 1. The zero-order valence-electron chi connectivity index (χ0n) is 16.3. The van der Waals surface area contributed by atoms with Crippen LogP contribution in [0.4, 0.5) is 20.2 Å². The van der Waals surface area contributed by atoms with E-state index in [1.54, 1.807) is 0 Å². The van der Waals surface area contributed by atoms with Crippen molar-refractivity contribution in [2.45, 2.75) is 50.1 Å². The van der Waals surface area contributed by atoms with Crippen LogP contribution >= 0.6 is 27.5 Å². The molecule has 2 aromatic carbocycles. The lowest BCUT2D eigenvalue weighted by molar-refractivity contribution is -0.0964. The fourth-order valence-corrected chi connectivity index (χ4v) is 5.17. The van der Waals surface area contributed by atoms with Crippen LogP contribution in [-0.4, -0.2) is 24.1 Å². The third kappa shape index (κ3) is 4.89. The molecule has 1 fully saturated rings. The SMILES string of the molecule is O=C(Nc1ccc(OC(F)(F)Cl)cc1)c1cc(Br)c2c(c1)CCN2C1CCCCC1. The predicted molar refractivity (Wildman–Crippen MR) is 118 cm³/mol. The minimum Gasteiger partial charge on any atom is -0.420 e. The van der Waals surface area contributed by atoms with Gasteiger partial charge in [0.2, 0.25) is 0 Å². The summed E-state index contributed by atoms with van der Waals surface area (Å²) in [5.74, 6) is -0.345. The summed E-state index contributed by atoms with van der Waals surface area (Å²) >= 11 is 8.43. The third-order valence-corrected chi connectivity index (χ3v) is 6.36. The molecule has 2 aliphatic rings. The van der Waals surface area contributed by atoms with E-state index in [4.69, 9.17) is 11.6 Å². The van der Waals surface area contributed by atoms with Crippen LogP contribution in [-0.2, 0) is 6.42 Å². The van der Waals surface area contributed by atoms with Gasteiger partial charge in [0.25, 0.3) is 5.91 Å². The van der Waals surface area contributed by atoms with Gasteiger partial charge in [0.1, 0.15) is 5.75 Å². The maximum atomic E-state index is 12.7. The van der Waals surface area contributed by atoms with Crippen LogP contribution in [0.5, 0.6) is 5.75 Å². The molecule has 0 saturated heterocycles. The van der Waals surface area contributed by atoms with Gasteiger partial charge in [-0.25, -0.2) is 0 Å². The van der Waals surface area contributed by atoms with Gasteiger partial charge in [-0.1, -0.05) is 19.3 Å². The molecule has 0 spiro atoms. The van der Waals surface area contributed by atoms with Gasteiger partial charge in [0, 0.05) is 39.9 Å². The van der Waals surface area contributed by atoms with E-state index in [9.17, 15) is 13.6 Å². The van der Waals surface area contributed by atoms with Crippen LogP contribution in [0.3, 0.4) is 0 Å². The maximum absolute atomic E-state index is 12.7. The minimum atomic E-state index is -3.77. The number of carbonyl (C=O) groups excluding carboxylic acids is 1. The normalized spacial score (nSPS) is 17.0. The first kappa shape index (κ1) is 21.4. The number of carbonyl (C=O) groups is 1. The first-order valence-corrected chi connectivity index (χ1v) is 11.2. The number of hydrogen-bond acceptors (Lipinski definition) is 3. The van der Waals surface area contributed by atoms with E-state index < -0.39 is 5.57 Å². The molecule has 0 unspecified atom stereocenters. The molecule has 8 heteroatoms. The summed E-state index contributed by atoms with van der Waals surface area (Å²) in [6, 6.07) is 10.0. The molecule has 0 radical (unpaired) electrons. The first-order valence-electron chi connectivity index (χ1n) is 10.1. The van der Waals surface area contributed by atoms with Gasteiger partial charge in [0.15, 0.2) is 0 Å². The first-order chi connectivity index (χ1) is 14.3. The highest BCUT2D eigenvalue weighted by molar-refractivity contribution is 9.10. The second-order valence-electron chi connectivity index (χ2n) is 7.73. The van der Waals surface area contributed by atoms with Crippen molar-refractivity contribution < 1.29 is 18.3 Å². The van der Waals surface area contributed by atoms with E-state index >= 15 is 0 Å². The summed E-state index contributed by atoms with van der Waals surface area (Å²) in [5.41, 5.74) is -0.355. The second-order valence-corrected chi connectivity index (χ2v) is 9.02. The van der Waals surface area contributed by atoms with Crippen LogP contribution in [0.25, 0.3) is 0 Å². The summed E-state index contributed by atoms with van der Waals surface area (Å²) in [4.78, 5) is 15.2. The van der Waals surface area contributed by atoms with E-state index in [2.05, 4.69) is 30.9 Å². The maximum Gasteiger partial charge on any atom is 0.487 e. The number of rotatable bonds is 5. The summed E-state index contributed by atoms with van der Waals surface area (Å²) in [7, 11) is 0. The lowest BCUT2D eigenvalue weighted by Gasteiger charge is -2.33. The Morgan fingerprint density at radius 3 is 2.53 bits per heavy atom. The molecule has 0 aromatic heterocycles. The molecule has 160 valence electrons. The van der Waals surface area contributed by atoms with E-state index in [-0.39, 0.29) is 11.7 Å². The van der Waals surface area contributed by atoms with Gasteiger partial charge in [-0.3, -0.25) is 4.79 Å². The molecule has 30 heavy (non-hydrogen) atoms. The van der Waals surface area contributed by atoms with Gasteiger partial charge in [0.05, 0.1) is 5.69 Å². The molecule has 1 aliphatic heterocycles. The highest BCUT2D eigenvalue weighted by atomic mass is 79.9. The smallest absolute Gasteiger partial charge is 0.420 e. The van der Waals surface area contributed by atoms with Crippen LogP contribution in [0.1, 0.15) is 48.0 Å². The van der Waals surface area contributed by atoms with Crippen LogP contribution in [0.2, 0.25) is 0 Å². The van der Waals surface area contributed by atoms with Crippen LogP contribution in [0, 0.1) is 0 Å². The van der Waals surface area contributed by atoms with Crippen molar-refractivity contribution >= 4 is 44.8 Å². The number of nitrogens with zero attached hydrogens (tertiary/aromatic N) is 1. The number of fused-ring (bicyclic) bond motifs is 1. The molecule has 0 atom stereocenters. The Balaban J connectivity index is 1.47. The average molecular weight is 500 g/mol. The fraction of sp³-hybridized carbons (Fsp3) is 0.409. The van der Waals surface area contributed by atoms with Crippen molar-refractivity contribution in [3.63, 3.8) is 0 Å². The Morgan fingerprint density at radius 1 is 1.17 bits per heavy atom. The molecular weight excluding hydrogens is 478 g/mol. The zero-order valence-corrected chi connectivity index (χ0v) is 18.6. The quantitative estimate of drug-likeness (QED) is 0.473. The monoisotopic (exact) mass is 498 g/mol. The number of benzene rings is 2. The topological polar surface area (TPSA) is 41.6 Å². The third-order valence-electron chi connectivity index (χ3n) is 5.68. The van der Waals surface area contributed by atoms with Gasteiger partial charge < -0.3 is 15.0 Å². The Kier molecular flexibility index (Phi) is 6.21. The Hall–Kier alpha value is -1.86. The van der Waals surface area contributed by atoms with Gasteiger partial charge in [-0.2, -0.15) is 0 Å². The Morgan fingerprint density at radius 2 is 1.87 bits per heavy atom. The molecule has 1 aliphatic carbocycles. The van der Waals surface area contributed by atoms with Crippen molar-refractivity contribution in [2.24, 2.45) is 0 Å². The molecule has 0 bridgehead atoms. The van der Waals surface area contributed by atoms with Gasteiger partial charge >= 0.3 is 5.57 Å². The number of nitrogens with one attached hydrogen (secondary N) is 1. The summed E-state index contributed by atoms with van der Waals surface area (Å²) in [6.45, 7) is 0.982. The van der Waals surface area contributed by atoms with E-state index in [0.29, 0.717) is 17.3 Å². The highest BCUT2D eigenvalue weighted by Gasteiger charge is 2.30. The van der Waals surface area contributed by atoms with Crippen molar-refractivity contribution in [2.75, 3.05) is 16.8 Å². The predicted octanol–water partition coefficient (Wildman–Crippen LogP) is 6.56. The summed E-state index contributed by atoms with van der Waals surface area (Å²) in [5, 5.41) is 2.79.